The Labute approximate surface area is 248 Å². The molecule has 3 heterocycles. The Hall–Kier alpha value is -4.36. The summed E-state index contributed by atoms with van der Waals surface area (Å²) in [6, 6.07) is 13.6. The third-order valence-electron chi connectivity index (χ3n) is 9.90. The first kappa shape index (κ1) is 27.5. The number of carboxylic acids is 1. The zero-order chi connectivity index (χ0) is 29.6. The number of aromatic carboxylic acids is 1. The molecule has 2 aromatic heterocycles. The third-order valence-corrected chi connectivity index (χ3v) is 9.90. The fraction of sp³-hybridized carbons (Fsp3) is 0.424. The van der Waals surface area contributed by atoms with Crippen molar-refractivity contribution in [2.24, 2.45) is 5.41 Å². The number of hydrogen-bond donors (Lipinski definition) is 1. The van der Waals surface area contributed by atoms with Crippen molar-refractivity contribution in [2.75, 3.05) is 6.61 Å². The lowest BCUT2D eigenvalue weighted by atomic mass is 9.52. The Bertz CT molecular complexity index is 1730. The number of benzene rings is 2. The van der Waals surface area contributed by atoms with E-state index in [-0.39, 0.29) is 40.7 Å². The summed E-state index contributed by atoms with van der Waals surface area (Å²) in [6.45, 7) is 1.43. The first-order valence-corrected chi connectivity index (χ1v) is 14.8. The molecule has 10 heteroatoms. The van der Waals surface area contributed by atoms with E-state index in [1.165, 1.54) is 6.07 Å². The van der Waals surface area contributed by atoms with E-state index in [1.54, 1.807) is 30.5 Å². The van der Waals surface area contributed by atoms with Crippen LogP contribution in [0.4, 0.5) is 4.39 Å². The second-order valence-corrected chi connectivity index (χ2v) is 12.3. The Kier molecular flexibility index (Phi) is 6.85. The number of hydrogen-bond acceptors (Lipinski definition) is 7. The van der Waals surface area contributed by atoms with Gasteiger partial charge in [-0.2, -0.15) is 10.2 Å². The first-order chi connectivity index (χ1) is 20.9. The van der Waals surface area contributed by atoms with Crippen LogP contribution in [-0.2, 0) is 29.7 Å². The zero-order valence-electron chi connectivity index (χ0n) is 23.8. The SMILES string of the molecule is N#Cc1ccc(COc2nccc(C34CCC(Cc5nc6ccc(C(=O)O)cc6n5C[C@@H]5CCO5)(CC3)CC4)n2)c(F)c1. The van der Waals surface area contributed by atoms with Crippen LogP contribution in [0.15, 0.2) is 48.7 Å². The first-order valence-electron chi connectivity index (χ1n) is 14.8. The molecule has 8 rings (SSSR count). The van der Waals surface area contributed by atoms with Crippen molar-refractivity contribution < 1.29 is 23.8 Å². The highest BCUT2D eigenvalue weighted by molar-refractivity contribution is 5.92. The quantitative estimate of drug-likeness (QED) is 0.266. The number of imidazole rings is 1. The number of ether oxygens (including phenoxy) is 2. The lowest BCUT2D eigenvalue weighted by Crippen LogP contribution is -2.46. The summed E-state index contributed by atoms with van der Waals surface area (Å²) in [5, 5.41) is 18.5. The van der Waals surface area contributed by atoms with E-state index >= 15 is 0 Å². The second-order valence-electron chi connectivity index (χ2n) is 12.3. The topological polar surface area (TPSA) is 123 Å². The average molecular weight is 582 g/mol. The van der Waals surface area contributed by atoms with Gasteiger partial charge in [0, 0.05) is 30.2 Å². The van der Waals surface area contributed by atoms with Gasteiger partial charge in [-0.05, 0) is 86.8 Å². The molecule has 0 spiro atoms. The van der Waals surface area contributed by atoms with Crippen molar-refractivity contribution in [1.29, 1.82) is 5.26 Å². The van der Waals surface area contributed by atoms with Gasteiger partial charge in [0.25, 0.3) is 0 Å². The summed E-state index contributed by atoms with van der Waals surface area (Å²) in [5.74, 6) is -0.416. The van der Waals surface area contributed by atoms with Gasteiger partial charge < -0.3 is 19.1 Å². The average Bonchev–Trinajstić information content (AvgIpc) is 3.34. The van der Waals surface area contributed by atoms with Gasteiger partial charge in [-0.25, -0.2) is 19.2 Å². The van der Waals surface area contributed by atoms with Crippen LogP contribution in [0, 0.1) is 22.6 Å². The molecule has 1 atom stereocenters. The van der Waals surface area contributed by atoms with E-state index < -0.39 is 11.8 Å². The number of rotatable bonds is 9. The van der Waals surface area contributed by atoms with Crippen LogP contribution in [0.1, 0.15) is 77.9 Å². The van der Waals surface area contributed by atoms with Crippen molar-refractivity contribution >= 4 is 17.0 Å². The molecular formula is C33H32FN5O4. The normalized spacial score (nSPS) is 24.4. The minimum absolute atomic E-state index is 0.0159. The van der Waals surface area contributed by atoms with Gasteiger partial charge in [-0.15, -0.1) is 0 Å². The number of halogens is 1. The van der Waals surface area contributed by atoms with Gasteiger partial charge in [0.2, 0.25) is 0 Å². The zero-order valence-corrected chi connectivity index (χ0v) is 23.8. The van der Waals surface area contributed by atoms with E-state index in [2.05, 4.69) is 9.55 Å². The summed E-state index contributed by atoms with van der Waals surface area (Å²) in [4.78, 5) is 25.7. The highest BCUT2D eigenvalue weighted by Crippen LogP contribution is 2.58. The van der Waals surface area contributed by atoms with Crippen LogP contribution >= 0.6 is 0 Å². The molecule has 0 radical (unpaired) electrons. The fourth-order valence-electron chi connectivity index (χ4n) is 7.11. The Morgan fingerprint density at radius 1 is 1.12 bits per heavy atom. The molecule has 4 aromatic rings. The van der Waals surface area contributed by atoms with Crippen molar-refractivity contribution in [3.05, 3.63) is 82.7 Å². The Balaban J connectivity index is 1.07. The number of nitrogens with zero attached hydrogens (tertiary/aromatic N) is 5. The molecule has 1 N–H and O–H groups in total. The number of aromatic nitrogens is 4. The number of carboxylic acid groups (broad SMARTS) is 1. The summed E-state index contributed by atoms with van der Waals surface area (Å²) in [5.41, 5.74) is 3.63. The predicted molar refractivity (Wildman–Crippen MR) is 154 cm³/mol. The minimum Gasteiger partial charge on any atom is -0.478 e. The molecule has 2 aromatic carbocycles. The standard InChI is InChI=1S/C33H32FN5O4/c34-25-15-21(18-35)1-2-23(25)20-43-31-36-13-5-28(38-31)33-10-7-32(8-11-33,9-12-33)17-29-37-26-4-3-22(30(40)41)16-27(26)39(29)19-24-6-14-42-24/h1-5,13,15-16,24H,6-12,14,17,19-20H2,(H,40,41)/t24-,32?,33?/m0/s1. The van der Waals surface area contributed by atoms with Crippen molar-refractivity contribution in [3.63, 3.8) is 0 Å². The van der Waals surface area contributed by atoms with Crippen molar-refractivity contribution in [3.8, 4) is 12.1 Å². The van der Waals surface area contributed by atoms with Gasteiger partial charge >= 0.3 is 12.0 Å². The molecule has 9 nitrogen and oxygen atoms in total. The lowest BCUT2D eigenvalue weighted by molar-refractivity contribution is -0.0594. The Morgan fingerprint density at radius 3 is 2.58 bits per heavy atom. The van der Waals surface area contributed by atoms with Crippen molar-refractivity contribution in [1.82, 2.24) is 19.5 Å². The summed E-state index contributed by atoms with van der Waals surface area (Å²) in [7, 11) is 0. The van der Waals surface area contributed by atoms with Crippen LogP contribution in [-0.4, -0.2) is 43.3 Å². The van der Waals surface area contributed by atoms with Crippen LogP contribution in [0.25, 0.3) is 11.0 Å². The summed E-state index contributed by atoms with van der Waals surface area (Å²) in [6.07, 6.45) is 9.85. The van der Waals surface area contributed by atoms with E-state index in [9.17, 15) is 14.3 Å². The molecular weight excluding hydrogens is 549 g/mol. The van der Waals surface area contributed by atoms with E-state index in [0.717, 1.165) is 80.5 Å². The maximum Gasteiger partial charge on any atom is 0.335 e. The largest absolute Gasteiger partial charge is 0.478 e. The number of nitriles is 1. The predicted octanol–water partition coefficient (Wildman–Crippen LogP) is 5.74. The molecule has 4 fully saturated rings. The molecule has 1 aliphatic heterocycles. The third kappa shape index (κ3) is 5.12. The number of fused-ring (bicyclic) bond motifs is 4. The van der Waals surface area contributed by atoms with Crippen molar-refractivity contribution in [2.45, 2.75) is 76.0 Å². The lowest BCUT2D eigenvalue weighted by Gasteiger charge is -2.53. The highest BCUT2D eigenvalue weighted by Gasteiger charge is 2.50. The summed E-state index contributed by atoms with van der Waals surface area (Å²) >= 11 is 0. The Morgan fingerprint density at radius 2 is 1.91 bits per heavy atom. The molecule has 220 valence electrons. The van der Waals surface area contributed by atoms with Gasteiger partial charge in [0.1, 0.15) is 18.2 Å². The fourth-order valence-corrected chi connectivity index (χ4v) is 7.11. The highest BCUT2D eigenvalue weighted by atomic mass is 19.1. The van der Waals surface area contributed by atoms with Crippen LogP contribution in [0.2, 0.25) is 0 Å². The molecule has 0 amide bonds. The second kappa shape index (κ2) is 10.7. The van der Waals surface area contributed by atoms with Crippen LogP contribution in [0.3, 0.4) is 0 Å². The summed E-state index contributed by atoms with van der Waals surface area (Å²) < 4.78 is 28.1. The monoisotopic (exact) mass is 581 g/mol. The number of carbonyl (C=O) groups is 1. The molecule has 0 unspecified atom stereocenters. The molecule has 2 bridgehead atoms. The molecule has 1 saturated heterocycles. The van der Waals surface area contributed by atoms with E-state index in [1.807, 2.05) is 18.2 Å². The van der Waals surface area contributed by atoms with Crippen LogP contribution in [0.5, 0.6) is 6.01 Å². The van der Waals surface area contributed by atoms with Gasteiger partial charge in [0.15, 0.2) is 0 Å². The molecule has 3 saturated carbocycles. The van der Waals surface area contributed by atoms with Crippen LogP contribution < -0.4 is 4.74 Å². The van der Waals surface area contributed by atoms with Gasteiger partial charge in [-0.3, -0.25) is 0 Å². The van der Waals surface area contributed by atoms with E-state index in [0.29, 0.717) is 12.1 Å². The minimum atomic E-state index is -0.940. The smallest absolute Gasteiger partial charge is 0.335 e. The maximum absolute atomic E-state index is 14.3. The molecule has 43 heavy (non-hydrogen) atoms. The maximum atomic E-state index is 14.3. The van der Waals surface area contributed by atoms with Gasteiger partial charge in [-0.1, -0.05) is 6.07 Å². The van der Waals surface area contributed by atoms with E-state index in [4.69, 9.17) is 24.7 Å². The molecule has 4 aliphatic rings. The van der Waals surface area contributed by atoms with Gasteiger partial charge in [0.05, 0.1) is 46.6 Å². The molecule has 3 aliphatic carbocycles.